The van der Waals surface area contributed by atoms with Gasteiger partial charge in [-0.15, -0.1) is 0 Å². The number of phenols is 1. The van der Waals surface area contributed by atoms with Crippen LogP contribution < -0.4 is 10.4 Å². The minimum atomic E-state index is -0.415. The molecule has 2 aromatic carbocycles. The molecular formula is C14H10O4. The van der Waals surface area contributed by atoms with Gasteiger partial charge in [-0.2, -0.15) is 0 Å². The quantitative estimate of drug-likeness (QED) is 0.526. The highest BCUT2D eigenvalue weighted by molar-refractivity contribution is 6.08. The average Bonchev–Trinajstić information content (AvgIpc) is 2.39. The topological polar surface area (TPSA) is 59.7 Å². The maximum atomic E-state index is 11.9. The van der Waals surface area contributed by atoms with E-state index in [9.17, 15) is 9.90 Å². The van der Waals surface area contributed by atoms with Gasteiger partial charge < -0.3 is 14.3 Å². The second kappa shape index (κ2) is 3.77. The van der Waals surface area contributed by atoms with Gasteiger partial charge in [-0.05, 0) is 30.3 Å². The van der Waals surface area contributed by atoms with Crippen LogP contribution in [-0.4, -0.2) is 12.2 Å². The fraction of sp³-hybridized carbons (Fsp3) is 0.0714. The van der Waals surface area contributed by atoms with Crippen molar-refractivity contribution < 1.29 is 14.3 Å². The van der Waals surface area contributed by atoms with Gasteiger partial charge in [-0.3, -0.25) is 0 Å². The summed E-state index contributed by atoms with van der Waals surface area (Å²) in [6.07, 6.45) is 0. The lowest BCUT2D eigenvalue weighted by atomic mass is 10.1. The van der Waals surface area contributed by atoms with Crippen LogP contribution in [0.3, 0.4) is 0 Å². The number of phenolic OH excluding ortho intramolecular Hbond substituents is 1. The molecule has 0 bridgehead atoms. The number of methoxy groups -OCH3 is 1. The molecule has 4 nitrogen and oxygen atoms in total. The van der Waals surface area contributed by atoms with Crippen LogP contribution in [0.5, 0.6) is 11.5 Å². The van der Waals surface area contributed by atoms with Crippen molar-refractivity contribution in [3.63, 3.8) is 0 Å². The number of aromatic hydroxyl groups is 1. The second-order valence-electron chi connectivity index (χ2n) is 3.95. The normalized spacial score (nSPS) is 10.9. The highest BCUT2D eigenvalue weighted by Crippen LogP contribution is 2.32. The summed E-state index contributed by atoms with van der Waals surface area (Å²) >= 11 is 0. The Hall–Kier alpha value is -2.49. The minimum absolute atomic E-state index is 0.114. The zero-order chi connectivity index (χ0) is 12.7. The van der Waals surface area contributed by atoms with E-state index in [1.54, 1.807) is 30.3 Å². The van der Waals surface area contributed by atoms with E-state index in [1.165, 1.54) is 13.2 Å². The third-order valence-corrected chi connectivity index (χ3v) is 2.90. The van der Waals surface area contributed by atoms with Crippen molar-refractivity contribution in [1.82, 2.24) is 0 Å². The van der Waals surface area contributed by atoms with Crippen LogP contribution in [0.4, 0.5) is 0 Å². The minimum Gasteiger partial charge on any atom is -0.508 e. The molecule has 0 atom stereocenters. The van der Waals surface area contributed by atoms with Crippen molar-refractivity contribution in [3.8, 4) is 11.5 Å². The Morgan fingerprint density at radius 2 is 2.00 bits per heavy atom. The molecule has 0 aliphatic rings. The molecule has 0 saturated carbocycles. The molecule has 1 N–H and O–H groups in total. The molecular weight excluding hydrogens is 232 g/mol. The van der Waals surface area contributed by atoms with E-state index >= 15 is 0 Å². The molecule has 90 valence electrons. The molecule has 3 aromatic rings. The summed E-state index contributed by atoms with van der Waals surface area (Å²) in [6, 6.07) is 9.78. The van der Waals surface area contributed by atoms with Gasteiger partial charge in [0.25, 0.3) is 0 Å². The van der Waals surface area contributed by atoms with Gasteiger partial charge in [0.2, 0.25) is 0 Å². The first-order valence-corrected chi connectivity index (χ1v) is 5.43. The van der Waals surface area contributed by atoms with Crippen molar-refractivity contribution in [3.05, 3.63) is 46.8 Å². The van der Waals surface area contributed by atoms with Crippen molar-refractivity contribution in [2.24, 2.45) is 0 Å². The van der Waals surface area contributed by atoms with Crippen LogP contribution in [0.2, 0.25) is 0 Å². The van der Waals surface area contributed by atoms with E-state index in [-0.39, 0.29) is 5.75 Å². The number of ether oxygens (including phenoxy) is 1. The lowest BCUT2D eigenvalue weighted by Crippen LogP contribution is -2.00. The summed E-state index contributed by atoms with van der Waals surface area (Å²) in [7, 11) is 1.54. The van der Waals surface area contributed by atoms with Crippen molar-refractivity contribution in [2.75, 3.05) is 7.11 Å². The van der Waals surface area contributed by atoms with Crippen LogP contribution in [0.1, 0.15) is 0 Å². The standard InChI is InChI=1S/C14H10O4/c1-17-12-4-2-3-9-13(12)10-7-8(15)5-6-11(10)18-14(9)16/h2-7,15H,1H3. The Balaban J connectivity index is 2.65. The number of hydrogen-bond donors (Lipinski definition) is 1. The molecule has 0 amide bonds. The van der Waals surface area contributed by atoms with Crippen LogP contribution in [0.15, 0.2) is 45.6 Å². The highest BCUT2D eigenvalue weighted by atomic mass is 16.5. The molecule has 4 heteroatoms. The smallest absolute Gasteiger partial charge is 0.344 e. The molecule has 0 radical (unpaired) electrons. The largest absolute Gasteiger partial charge is 0.508 e. The van der Waals surface area contributed by atoms with E-state index < -0.39 is 5.63 Å². The van der Waals surface area contributed by atoms with Gasteiger partial charge >= 0.3 is 5.63 Å². The molecule has 0 aliphatic heterocycles. The van der Waals surface area contributed by atoms with Crippen LogP contribution in [0.25, 0.3) is 21.7 Å². The molecule has 1 heterocycles. The molecule has 0 spiro atoms. The van der Waals surface area contributed by atoms with E-state index in [0.717, 1.165) is 0 Å². The Morgan fingerprint density at radius 1 is 1.17 bits per heavy atom. The first-order chi connectivity index (χ1) is 8.70. The monoisotopic (exact) mass is 242 g/mol. The van der Waals surface area contributed by atoms with Crippen molar-refractivity contribution >= 4 is 21.7 Å². The maximum absolute atomic E-state index is 11.9. The summed E-state index contributed by atoms with van der Waals surface area (Å²) in [6.45, 7) is 0. The first kappa shape index (κ1) is 10.7. The summed E-state index contributed by atoms with van der Waals surface area (Å²) in [5.74, 6) is 0.694. The number of fused-ring (bicyclic) bond motifs is 3. The number of rotatable bonds is 1. The van der Waals surface area contributed by atoms with Crippen LogP contribution in [0, 0.1) is 0 Å². The fourth-order valence-corrected chi connectivity index (χ4v) is 2.11. The van der Waals surface area contributed by atoms with Gasteiger partial charge in [0.05, 0.1) is 12.5 Å². The van der Waals surface area contributed by atoms with E-state index in [1.807, 2.05) is 0 Å². The number of benzene rings is 2. The Kier molecular flexibility index (Phi) is 2.23. The molecule has 0 saturated heterocycles. The third kappa shape index (κ3) is 1.43. The molecule has 0 unspecified atom stereocenters. The highest BCUT2D eigenvalue weighted by Gasteiger charge is 2.11. The van der Waals surface area contributed by atoms with Crippen LogP contribution >= 0.6 is 0 Å². The van der Waals surface area contributed by atoms with Gasteiger partial charge in [0, 0.05) is 10.8 Å². The molecule has 3 rings (SSSR count). The van der Waals surface area contributed by atoms with Gasteiger partial charge in [0.1, 0.15) is 17.1 Å². The lowest BCUT2D eigenvalue weighted by molar-refractivity contribution is 0.420. The van der Waals surface area contributed by atoms with Crippen molar-refractivity contribution in [1.29, 1.82) is 0 Å². The predicted molar refractivity (Wildman–Crippen MR) is 68.2 cm³/mol. The number of hydrogen-bond acceptors (Lipinski definition) is 4. The Labute approximate surface area is 102 Å². The van der Waals surface area contributed by atoms with E-state index in [0.29, 0.717) is 27.5 Å². The van der Waals surface area contributed by atoms with Gasteiger partial charge in [0.15, 0.2) is 0 Å². The summed E-state index contributed by atoms with van der Waals surface area (Å²) in [5, 5.41) is 11.3. The average molecular weight is 242 g/mol. The van der Waals surface area contributed by atoms with E-state index in [2.05, 4.69) is 0 Å². The lowest BCUT2D eigenvalue weighted by Gasteiger charge is -2.07. The van der Waals surface area contributed by atoms with Crippen molar-refractivity contribution in [2.45, 2.75) is 0 Å². The maximum Gasteiger partial charge on any atom is 0.344 e. The molecule has 1 aromatic heterocycles. The van der Waals surface area contributed by atoms with Gasteiger partial charge in [-0.1, -0.05) is 6.07 Å². The van der Waals surface area contributed by atoms with E-state index in [4.69, 9.17) is 9.15 Å². The zero-order valence-electron chi connectivity index (χ0n) is 9.64. The second-order valence-corrected chi connectivity index (χ2v) is 3.95. The third-order valence-electron chi connectivity index (χ3n) is 2.90. The summed E-state index contributed by atoms with van der Waals surface area (Å²) < 4.78 is 10.5. The van der Waals surface area contributed by atoms with Crippen LogP contribution in [-0.2, 0) is 0 Å². The Morgan fingerprint density at radius 3 is 2.78 bits per heavy atom. The van der Waals surface area contributed by atoms with Gasteiger partial charge in [-0.25, -0.2) is 4.79 Å². The fourth-order valence-electron chi connectivity index (χ4n) is 2.11. The summed E-state index contributed by atoms with van der Waals surface area (Å²) in [5.41, 5.74) is 0.0110. The zero-order valence-corrected chi connectivity index (χ0v) is 9.64. The molecule has 0 fully saturated rings. The Bertz CT molecular complexity index is 802. The SMILES string of the molecule is COc1cccc2c(=O)oc3ccc(O)cc3c12. The molecule has 18 heavy (non-hydrogen) atoms. The summed E-state index contributed by atoms with van der Waals surface area (Å²) in [4.78, 5) is 11.9. The first-order valence-electron chi connectivity index (χ1n) is 5.43. The molecule has 0 aliphatic carbocycles. The predicted octanol–water partition coefficient (Wildman–Crippen LogP) is 2.66.